The first kappa shape index (κ1) is 17.9. The highest BCUT2D eigenvalue weighted by Gasteiger charge is 2.16. The first-order chi connectivity index (χ1) is 12.1. The fourth-order valence-electron chi connectivity index (χ4n) is 2.34. The molecular weight excluding hydrogens is 378 g/mol. The minimum absolute atomic E-state index is 0.256. The van der Waals surface area contributed by atoms with Gasteiger partial charge >= 0.3 is 0 Å². The van der Waals surface area contributed by atoms with Crippen LogP contribution in [0.1, 0.15) is 31.1 Å². The number of methoxy groups -OCH3 is 1. The second-order valence-corrected chi connectivity index (χ2v) is 7.86. The molecule has 0 spiro atoms. The van der Waals surface area contributed by atoms with E-state index in [0.29, 0.717) is 22.9 Å². The van der Waals surface area contributed by atoms with Gasteiger partial charge in [0.2, 0.25) is 0 Å². The number of halogens is 1. The predicted molar refractivity (Wildman–Crippen MR) is 102 cm³/mol. The summed E-state index contributed by atoms with van der Waals surface area (Å²) in [5, 5.41) is 15.6. The third-order valence-electron chi connectivity index (χ3n) is 3.59. The fraction of sp³-hybridized carbons (Fsp3) is 0.167. The molecule has 0 saturated carbocycles. The molecule has 2 aromatic heterocycles. The van der Waals surface area contributed by atoms with Crippen molar-refractivity contribution in [3.63, 3.8) is 0 Å². The van der Waals surface area contributed by atoms with Gasteiger partial charge in [-0.1, -0.05) is 17.7 Å². The summed E-state index contributed by atoms with van der Waals surface area (Å²) in [6, 6.07) is 12.5. The summed E-state index contributed by atoms with van der Waals surface area (Å²) in [5.41, 5.74) is 0.394. The summed E-state index contributed by atoms with van der Waals surface area (Å²) in [4.78, 5) is 15.1. The van der Waals surface area contributed by atoms with Crippen LogP contribution in [0.15, 0.2) is 47.8 Å². The van der Waals surface area contributed by atoms with Crippen molar-refractivity contribution < 1.29 is 14.6 Å². The quantitative estimate of drug-likeness (QED) is 0.649. The third-order valence-corrected chi connectivity index (χ3v) is 5.89. The molecule has 130 valence electrons. The average Bonchev–Trinajstić information content (AvgIpc) is 3.31. The highest BCUT2D eigenvalue weighted by molar-refractivity contribution is 7.12. The van der Waals surface area contributed by atoms with Crippen molar-refractivity contribution in [1.29, 1.82) is 0 Å². The normalized spacial score (nSPS) is 12.0. The molecule has 1 atom stereocenters. The number of aliphatic hydroxyl groups excluding tert-OH is 1. The van der Waals surface area contributed by atoms with Crippen LogP contribution in [0.3, 0.4) is 0 Å². The number of amides is 1. The van der Waals surface area contributed by atoms with Crippen LogP contribution in [0.5, 0.6) is 5.75 Å². The maximum Gasteiger partial charge on any atom is 0.255 e. The number of thiophene rings is 2. The molecule has 0 aliphatic heterocycles. The zero-order chi connectivity index (χ0) is 17.8. The second-order valence-electron chi connectivity index (χ2n) is 5.25. The topological polar surface area (TPSA) is 58.6 Å². The number of ether oxygens (including phenoxy) is 1. The van der Waals surface area contributed by atoms with Crippen LogP contribution in [0.25, 0.3) is 0 Å². The van der Waals surface area contributed by atoms with Crippen LogP contribution in [0.2, 0.25) is 5.02 Å². The summed E-state index contributed by atoms with van der Waals surface area (Å²) < 4.78 is 5.20. The van der Waals surface area contributed by atoms with Gasteiger partial charge in [-0.3, -0.25) is 4.79 Å². The van der Waals surface area contributed by atoms with Gasteiger partial charge in [-0.25, -0.2) is 0 Å². The average molecular weight is 394 g/mol. The lowest BCUT2D eigenvalue weighted by Gasteiger charge is -2.09. The van der Waals surface area contributed by atoms with Crippen molar-refractivity contribution in [3.8, 4) is 5.75 Å². The molecule has 25 heavy (non-hydrogen) atoms. The molecule has 3 aromatic rings. The van der Waals surface area contributed by atoms with E-state index >= 15 is 0 Å². The van der Waals surface area contributed by atoms with E-state index in [1.54, 1.807) is 18.2 Å². The van der Waals surface area contributed by atoms with Crippen LogP contribution in [-0.4, -0.2) is 18.1 Å². The molecule has 2 N–H and O–H groups in total. The lowest BCUT2D eigenvalue weighted by Crippen LogP contribution is -2.22. The predicted octanol–water partition coefficient (Wildman–Crippen LogP) is 4.48. The summed E-state index contributed by atoms with van der Waals surface area (Å²) in [7, 11) is 1.51. The standard InChI is InChI=1S/C18H16ClNO3S2/c1-23-14-6-4-11(19)9-13(14)18(22)20-10-12-5-7-16(25-12)17(21)15-3-2-8-24-15/h2-9,17,21H,10H2,1H3,(H,20,22)/t17-/m1/s1. The van der Waals surface area contributed by atoms with Gasteiger partial charge in [0.05, 0.1) is 19.2 Å². The molecule has 0 radical (unpaired) electrons. The fourth-order valence-corrected chi connectivity index (χ4v) is 4.28. The van der Waals surface area contributed by atoms with Crippen molar-refractivity contribution in [2.45, 2.75) is 12.6 Å². The first-order valence-corrected chi connectivity index (χ1v) is 9.57. The summed E-state index contributed by atoms with van der Waals surface area (Å²) in [6.45, 7) is 0.371. The van der Waals surface area contributed by atoms with E-state index in [-0.39, 0.29) is 5.91 Å². The Morgan fingerprint density at radius 2 is 2.12 bits per heavy atom. The van der Waals surface area contributed by atoms with Gasteiger partial charge in [0, 0.05) is 19.7 Å². The molecule has 0 fully saturated rings. The summed E-state index contributed by atoms with van der Waals surface area (Å²) in [6.07, 6.45) is -0.623. The molecule has 0 bridgehead atoms. The van der Waals surface area contributed by atoms with Gasteiger partial charge in [-0.15, -0.1) is 22.7 Å². The number of hydrogen-bond donors (Lipinski definition) is 2. The Balaban J connectivity index is 1.66. The van der Waals surface area contributed by atoms with E-state index in [9.17, 15) is 9.90 Å². The highest BCUT2D eigenvalue weighted by atomic mass is 35.5. The van der Waals surface area contributed by atoms with Crippen molar-refractivity contribution in [2.75, 3.05) is 7.11 Å². The number of carbonyl (C=O) groups is 1. The summed E-state index contributed by atoms with van der Waals surface area (Å²) >= 11 is 8.95. The van der Waals surface area contributed by atoms with Crippen LogP contribution in [0, 0.1) is 0 Å². The van der Waals surface area contributed by atoms with Crippen molar-refractivity contribution in [1.82, 2.24) is 5.32 Å². The molecule has 0 saturated heterocycles. The van der Waals surface area contributed by atoms with Gasteiger partial charge in [0.15, 0.2) is 0 Å². The second kappa shape index (κ2) is 8.01. The summed E-state index contributed by atoms with van der Waals surface area (Å²) in [5.74, 6) is 0.218. The minimum atomic E-state index is -0.623. The molecule has 1 aromatic carbocycles. The Bertz CT molecular complexity index is 861. The van der Waals surface area contributed by atoms with Gasteiger partial charge in [-0.05, 0) is 41.8 Å². The van der Waals surface area contributed by atoms with E-state index in [1.165, 1.54) is 29.8 Å². The molecule has 0 aliphatic rings. The smallest absolute Gasteiger partial charge is 0.255 e. The number of rotatable bonds is 6. The molecule has 2 heterocycles. The Hall–Kier alpha value is -1.86. The van der Waals surface area contributed by atoms with Crippen LogP contribution < -0.4 is 10.1 Å². The molecule has 7 heteroatoms. The van der Waals surface area contributed by atoms with Gasteiger partial charge in [0.1, 0.15) is 11.9 Å². The minimum Gasteiger partial charge on any atom is -0.496 e. The monoisotopic (exact) mass is 393 g/mol. The lowest BCUT2D eigenvalue weighted by atomic mass is 10.2. The third kappa shape index (κ3) is 4.22. The zero-order valence-electron chi connectivity index (χ0n) is 13.4. The highest BCUT2D eigenvalue weighted by Crippen LogP contribution is 2.31. The molecule has 3 rings (SSSR count). The Labute approximate surface area is 158 Å². The zero-order valence-corrected chi connectivity index (χ0v) is 15.8. The number of nitrogens with one attached hydrogen (secondary N) is 1. The Morgan fingerprint density at radius 1 is 1.28 bits per heavy atom. The first-order valence-electron chi connectivity index (χ1n) is 7.50. The number of aliphatic hydroxyl groups is 1. The Kier molecular flexibility index (Phi) is 5.75. The SMILES string of the molecule is COc1ccc(Cl)cc1C(=O)NCc1ccc([C@H](O)c2cccs2)s1. The largest absolute Gasteiger partial charge is 0.496 e. The van der Waals surface area contributed by atoms with Gasteiger partial charge < -0.3 is 15.2 Å². The number of carbonyl (C=O) groups excluding carboxylic acids is 1. The lowest BCUT2D eigenvalue weighted by molar-refractivity contribution is 0.0948. The van der Waals surface area contributed by atoms with Crippen molar-refractivity contribution >= 4 is 40.2 Å². The Morgan fingerprint density at radius 3 is 2.84 bits per heavy atom. The van der Waals surface area contributed by atoms with Crippen molar-refractivity contribution in [2.24, 2.45) is 0 Å². The van der Waals surface area contributed by atoms with Gasteiger partial charge in [-0.2, -0.15) is 0 Å². The molecule has 0 aliphatic carbocycles. The van der Waals surface area contributed by atoms with E-state index in [1.807, 2.05) is 29.6 Å². The molecule has 1 amide bonds. The van der Waals surface area contributed by atoms with E-state index in [2.05, 4.69) is 5.32 Å². The molecular formula is C18H16ClNO3S2. The van der Waals surface area contributed by atoms with E-state index in [4.69, 9.17) is 16.3 Å². The van der Waals surface area contributed by atoms with Crippen LogP contribution >= 0.6 is 34.3 Å². The maximum absolute atomic E-state index is 12.4. The molecule has 4 nitrogen and oxygen atoms in total. The van der Waals surface area contributed by atoms with Crippen LogP contribution in [-0.2, 0) is 6.54 Å². The van der Waals surface area contributed by atoms with Gasteiger partial charge in [0.25, 0.3) is 5.91 Å². The van der Waals surface area contributed by atoms with E-state index in [0.717, 1.165) is 14.6 Å². The van der Waals surface area contributed by atoms with Crippen molar-refractivity contribution in [3.05, 3.63) is 73.1 Å². The molecule has 0 unspecified atom stereocenters. The maximum atomic E-state index is 12.4. The van der Waals surface area contributed by atoms with Crippen LogP contribution in [0.4, 0.5) is 0 Å². The van der Waals surface area contributed by atoms with E-state index < -0.39 is 6.10 Å². The number of benzene rings is 1. The number of hydrogen-bond acceptors (Lipinski definition) is 5.